The van der Waals surface area contributed by atoms with Crippen LogP contribution in [0.1, 0.15) is 39.5 Å². The summed E-state index contributed by atoms with van der Waals surface area (Å²) in [6, 6.07) is 0. The summed E-state index contributed by atoms with van der Waals surface area (Å²) in [6.07, 6.45) is 6.10. The fourth-order valence-corrected chi connectivity index (χ4v) is 3.33. The molecule has 0 aromatic rings. The van der Waals surface area contributed by atoms with E-state index in [2.05, 4.69) is 20.4 Å². The molecule has 1 heteroatoms. The van der Waals surface area contributed by atoms with Crippen LogP contribution in [0.15, 0.2) is 12.7 Å². The molecule has 3 aliphatic rings. The van der Waals surface area contributed by atoms with Gasteiger partial charge in [0.1, 0.15) is 0 Å². The Balaban J connectivity index is 1.90. The molecule has 1 nitrogen and oxygen atoms in total. The first-order chi connectivity index (χ1) is 6.02. The van der Waals surface area contributed by atoms with Gasteiger partial charge in [-0.3, -0.25) is 4.79 Å². The first kappa shape index (κ1) is 8.98. The first-order valence-corrected chi connectivity index (χ1v) is 5.17. The van der Waals surface area contributed by atoms with Crippen LogP contribution in [0.4, 0.5) is 0 Å². The van der Waals surface area contributed by atoms with Crippen molar-refractivity contribution in [3.8, 4) is 0 Å². The Morgan fingerprint density at radius 3 is 2.38 bits per heavy atom. The lowest BCUT2D eigenvalue weighted by molar-refractivity contribution is -0.229. The summed E-state index contributed by atoms with van der Waals surface area (Å²) < 4.78 is 0. The smallest absolute Gasteiger partial charge is 0.155 e. The zero-order valence-corrected chi connectivity index (χ0v) is 8.60. The molecule has 3 aliphatic carbocycles. The molecule has 0 atom stereocenters. The minimum Gasteiger partial charge on any atom is -0.295 e. The third-order valence-electron chi connectivity index (χ3n) is 4.18. The van der Waals surface area contributed by atoms with E-state index in [1.54, 1.807) is 0 Å². The van der Waals surface area contributed by atoms with Crippen LogP contribution in [0.5, 0.6) is 0 Å². The van der Waals surface area contributed by atoms with E-state index in [1.165, 1.54) is 25.3 Å². The molecule has 72 valence electrons. The average Bonchev–Trinajstić information content (AvgIpc) is 1.92. The number of hydrogen-bond acceptors (Lipinski definition) is 1. The van der Waals surface area contributed by atoms with Crippen LogP contribution in [-0.2, 0) is 4.79 Å². The topological polar surface area (TPSA) is 17.1 Å². The summed E-state index contributed by atoms with van der Waals surface area (Å²) in [7, 11) is 0. The maximum atomic E-state index is 11.2. The Morgan fingerprint density at radius 1 is 1.46 bits per heavy atom. The van der Waals surface area contributed by atoms with Crippen molar-refractivity contribution in [2.24, 2.45) is 16.7 Å². The highest BCUT2D eigenvalue weighted by Gasteiger charge is 2.68. The third kappa shape index (κ3) is 1.09. The molecular formula is C12H18O. The molecule has 0 amide bonds. The normalized spacial score (nSPS) is 40.8. The standard InChI is InChI=1S/C12H18O/c1-4-10(13)5-11-6-12(7-11,8-11)9(2)3/h4,9H,1,5-8H2,2-3H3. The highest BCUT2D eigenvalue weighted by Crippen LogP contribution is 2.77. The molecule has 0 aliphatic heterocycles. The summed E-state index contributed by atoms with van der Waals surface area (Å²) in [5.41, 5.74) is 1.04. The van der Waals surface area contributed by atoms with Crippen molar-refractivity contribution in [1.82, 2.24) is 0 Å². The van der Waals surface area contributed by atoms with Gasteiger partial charge in [0.25, 0.3) is 0 Å². The van der Waals surface area contributed by atoms with Crippen LogP contribution in [0, 0.1) is 16.7 Å². The Labute approximate surface area is 80.2 Å². The second kappa shape index (κ2) is 2.46. The van der Waals surface area contributed by atoms with Crippen LogP contribution < -0.4 is 0 Å². The molecule has 2 bridgehead atoms. The Morgan fingerprint density at radius 2 is 2.00 bits per heavy atom. The Kier molecular flexibility index (Phi) is 1.70. The lowest BCUT2D eigenvalue weighted by Crippen LogP contribution is -2.64. The van der Waals surface area contributed by atoms with E-state index in [0.717, 1.165) is 12.3 Å². The molecule has 0 aromatic carbocycles. The van der Waals surface area contributed by atoms with Gasteiger partial charge in [-0.05, 0) is 42.1 Å². The number of hydrogen-bond donors (Lipinski definition) is 0. The van der Waals surface area contributed by atoms with Crippen molar-refractivity contribution >= 4 is 5.78 Å². The summed E-state index contributed by atoms with van der Waals surface area (Å²) in [4.78, 5) is 11.2. The lowest BCUT2D eigenvalue weighted by Gasteiger charge is -2.73. The average molecular weight is 178 g/mol. The van der Waals surface area contributed by atoms with Gasteiger partial charge >= 0.3 is 0 Å². The predicted octanol–water partition coefficient (Wildman–Crippen LogP) is 2.96. The van der Waals surface area contributed by atoms with Gasteiger partial charge in [-0.1, -0.05) is 20.4 Å². The number of carbonyl (C=O) groups excluding carboxylic acids is 1. The van der Waals surface area contributed by atoms with E-state index in [-0.39, 0.29) is 5.78 Å². The predicted molar refractivity (Wildman–Crippen MR) is 53.4 cm³/mol. The van der Waals surface area contributed by atoms with Crippen molar-refractivity contribution in [1.29, 1.82) is 0 Å². The second-order valence-electron chi connectivity index (χ2n) is 5.39. The highest BCUT2D eigenvalue weighted by atomic mass is 16.1. The number of ketones is 1. The Bertz CT molecular complexity index is 243. The fourth-order valence-electron chi connectivity index (χ4n) is 3.33. The van der Waals surface area contributed by atoms with Crippen LogP contribution in [-0.4, -0.2) is 5.78 Å². The van der Waals surface area contributed by atoms with E-state index in [1.807, 2.05) is 0 Å². The molecule has 13 heavy (non-hydrogen) atoms. The fraction of sp³-hybridized carbons (Fsp3) is 0.750. The largest absolute Gasteiger partial charge is 0.295 e. The zero-order valence-electron chi connectivity index (χ0n) is 8.60. The molecule has 0 aromatic heterocycles. The maximum absolute atomic E-state index is 11.2. The quantitative estimate of drug-likeness (QED) is 0.605. The second-order valence-corrected chi connectivity index (χ2v) is 5.39. The molecule has 0 saturated heterocycles. The monoisotopic (exact) mass is 178 g/mol. The Hall–Kier alpha value is -0.590. The van der Waals surface area contributed by atoms with Crippen LogP contribution in [0.2, 0.25) is 0 Å². The molecule has 0 radical (unpaired) electrons. The summed E-state index contributed by atoms with van der Waals surface area (Å²) in [6.45, 7) is 8.13. The van der Waals surface area contributed by atoms with Crippen molar-refractivity contribution in [3.05, 3.63) is 12.7 Å². The summed E-state index contributed by atoms with van der Waals surface area (Å²) in [5, 5.41) is 0. The molecule has 3 fully saturated rings. The number of rotatable bonds is 4. The van der Waals surface area contributed by atoms with Crippen LogP contribution >= 0.6 is 0 Å². The van der Waals surface area contributed by atoms with E-state index >= 15 is 0 Å². The van der Waals surface area contributed by atoms with Crippen LogP contribution in [0.25, 0.3) is 0 Å². The maximum Gasteiger partial charge on any atom is 0.155 e. The van der Waals surface area contributed by atoms with Gasteiger partial charge in [0, 0.05) is 6.42 Å². The van der Waals surface area contributed by atoms with Gasteiger partial charge in [-0.2, -0.15) is 0 Å². The van der Waals surface area contributed by atoms with Gasteiger partial charge < -0.3 is 0 Å². The van der Waals surface area contributed by atoms with Gasteiger partial charge in [0.2, 0.25) is 0 Å². The molecule has 3 rings (SSSR count). The first-order valence-electron chi connectivity index (χ1n) is 5.17. The van der Waals surface area contributed by atoms with Crippen molar-refractivity contribution in [2.75, 3.05) is 0 Å². The number of carbonyl (C=O) groups is 1. The van der Waals surface area contributed by atoms with E-state index in [9.17, 15) is 4.79 Å². The van der Waals surface area contributed by atoms with Crippen molar-refractivity contribution in [3.63, 3.8) is 0 Å². The zero-order chi connectivity index (χ0) is 9.69. The molecule has 0 unspecified atom stereocenters. The van der Waals surface area contributed by atoms with Crippen molar-refractivity contribution in [2.45, 2.75) is 39.5 Å². The van der Waals surface area contributed by atoms with Gasteiger partial charge in [0.15, 0.2) is 5.78 Å². The van der Waals surface area contributed by atoms with Gasteiger partial charge in [-0.25, -0.2) is 0 Å². The molecule has 0 heterocycles. The van der Waals surface area contributed by atoms with E-state index < -0.39 is 0 Å². The minimum absolute atomic E-state index is 0.233. The van der Waals surface area contributed by atoms with Crippen LogP contribution in [0.3, 0.4) is 0 Å². The lowest BCUT2D eigenvalue weighted by atomic mass is 9.31. The number of allylic oxidation sites excluding steroid dienone is 1. The SMILES string of the molecule is C=CC(=O)CC12CC(C(C)C)(C1)C2. The molecule has 0 N–H and O–H groups in total. The van der Waals surface area contributed by atoms with Gasteiger partial charge in [0.05, 0.1) is 0 Å². The van der Waals surface area contributed by atoms with Crippen molar-refractivity contribution < 1.29 is 4.79 Å². The summed E-state index contributed by atoms with van der Waals surface area (Å²) in [5.74, 6) is 1.03. The molecule has 0 spiro atoms. The molecule has 3 saturated carbocycles. The summed E-state index contributed by atoms with van der Waals surface area (Å²) >= 11 is 0. The highest BCUT2D eigenvalue weighted by molar-refractivity contribution is 5.89. The van der Waals surface area contributed by atoms with Gasteiger partial charge in [-0.15, -0.1) is 0 Å². The van der Waals surface area contributed by atoms with E-state index in [0.29, 0.717) is 10.8 Å². The molecular weight excluding hydrogens is 160 g/mol. The van der Waals surface area contributed by atoms with E-state index in [4.69, 9.17) is 0 Å². The third-order valence-corrected chi connectivity index (χ3v) is 4.18. The minimum atomic E-state index is 0.233.